The van der Waals surface area contributed by atoms with E-state index in [1.165, 1.54) is 12.1 Å². The van der Waals surface area contributed by atoms with E-state index in [9.17, 15) is 4.79 Å². The average Bonchev–Trinajstić information content (AvgIpc) is 2.98. The van der Waals surface area contributed by atoms with E-state index in [2.05, 4.69) is 4.65 Å². The van der Waals surface area contributed by atoms with Gasteiger partial charge in [0.25, 0.3) is 0 Å². The molecule has 0 aromatic heterocycles. The van der Waals surface area contributed by atoms with Crippen LogP contribution < -0.4 is 4.65 Å². The Labute approximate surface area is 92.5 Å². The van der Waals surface area contributed by atoms with Gasteiger partial charge in [-0.15, -0.1) is 0 Å². The van der Waals surface area contributed by atoms with E-state index in [0.717, 1.165) is 5.56 Å². The standard InChI is InChI=1S/C10H11BO5/c12-9(13)10(5-6-10)7-1-3-8(4-2-7)16-11(14)15/h1-4,14-15H,5-6H2,(H,12,13). The summed E-state index contributed by atoms with van der Waals surface area (Å²) in [5, 5.41) is 26.2. The number of aliphatic carboxylic acids is 1. The average molecular weight is 222 g/mol. The summed E-state index contributed by atoms with van der Waals surface area (Å²) in [6.45, 7) is 0. The summed E-state index contributed by atoms with van der Waals surface area (Å²) < 4.78 is 4.63. The van der Waals surface area contributed by atoms with E-state index in [1.54, 1.807) is 12.1 Å². The van der Waals surface area contributed by atoms with Crippen LogP contribution in [-0.4, -0.2) is 28.4 Å². The van der Waals surface area contributed by atoms with Crippen LogP contribution in [0, 0.1) is 0 Å². The van der Waals surface area contributed by atoms with Crippen molar-refractivity contribution in [3.8, 4) is 5.75 Å². The monoisotopic (exact) mass is 222 g/mol. The van der Waals surface area contributed by atoms with E-state index in [-0.39, 0.29) is 0 Å². The van der Waals surface area contributed by atoms with Crippen LogP contribution in [0.2, 0.25) is 0 Å². The zero-order valence-corrected chi connectivity index (χ0v) is 8.46. The minimum atomic E-state index is -1.86. The van der Waals surface area contributed by atoms with Gasteiger partial charge < -0.3 is 19.8 Å². The second-order valence-electron chi connectivity index (χ2n) is 3.86. The molecule has 1 saturated carbocycles. The molecule has 2 rings (SSSR count). The van der Waals surface area contributed by atoms with E-state index in [4.69, 9.17) is 15.2 Å². The van der Waals surface area contributed by atoms with Gasteiger partial charge in [-0.05, 0) is 30.5 Å². The second-order valence-corrected chi connectivity index (χ2v) is 3.86. The van der Waals surface area contributed by atoms with Crippen molar-refractivity contribution in [2.24, 2.45) is 0 Å². The van der Waals surface area contributed by atoms with Crippen molar-refractivity contribution in [3.63, 3.8) is 0 Å². The first-order chi connectivity index (χ1) is 7.54. The zero-order valence-electron chi connectivity index (χ0n) is 8.46. The van der Waals surface area contributed by atoms with Crippen LogP contribution in [0.4, 0.5) is 0 Å². The predicted octanol–water partition coefficient (Wildman–Crippen LogP) is 0.151. The maximum atomic E-state index is 11.0. The second kappa shape index (κ2) is 3.81. The Balaban J connectivity index is 2.17. The van der Waals surface area contributed by atoms with Crippen molar-refractivity contribution < 1.29 is 24.6 Å². The maximum Gasteiger partial charge on any atom is 0.707 e. The van der Waals surface area contributed by atoms with Crippen molar-refractivity contribution in [2.75, 3.05) is 0 Å². The first-order valence-corrected chi connectivity index (χ1v) is 4.91. The summed E-state index contributed by atoms with van der Waals surface area (Å²) >= 11 is 0. The van der Waals surface area contributed by atoms with Gasteiger partial charge in [0.1, 0.15) is 5.75 Å². The molecule has 3 N–H and O–H groups in total. The van der Waals surface area contributed by atoms with Crippen LogP contribution in [0.15, 0.2) is 24.3 Å². The molecule has 84 valence electrons. The highest BCUT2D eigenvalue weighted by Gasteiger charge is 2.51. The molecule has 0 radical (unpaired) electrons. The fraction of sp³-hybridized carbons (Fsp3) is 0.300. The summed E-state index contributed by atoms with van der Waals surface area (Å²) in [5.74, 6) is -0.525. The summed E-state index contributed by atoms with van der Waals surface area (Å²) in [4.78, 5) is 11.0. The molecule has 5 nitrogen and oxygen atoms in total. The molecule has 0 spiro atoms. The van der Waals surface area contributed by atoms with Crippen molar-refractivity contribution in [1.82, 2.24) is 0 Å². The number of carboxylic acid groups (broad SMARTS) is 1. The zero-order chi connectivity index (χ0) is 11.8. The summed E-state index contributed by atoms with van der Waals surface area (Å²) in [6.07, 6.45) is 1.29. The summed E-state index contributed by atoms with van der Waals surface area (Å²) in [5.41, 5.74) is -0.0177. The van der Waals surface area contributed by atoms with Crippen molar-refractivity contribution in [2.45, 2.75) is 18.3 Å². The summed E-state index contributed by atoms with van der Waals surface area (Å²) in [6, 6.07) is 6.33. The van der Waals surface area contributed by atoms with Gasteiger partial charge in [0.15, 0.2) is 0 Å². The van der Waals surface area contributed by atoms with Crippen molar-refractivity contribution in [3.05, 3.63) is 29.8 Å². The molecule has 1 aromatic rings. The largest absolute Gasteiger partial charge is 0.707 e. The first kappa shape index (κ1) is 11.0. The molecular formula is C10H11BO5. The van der Waals surface area contributed by atoms with Crippen LogP contribution in [0.3, 0.4) is 0 Å². The van der Waals surface area contributed by atoms with E-state index < -0.39 is 18.7 Å². The molecule has 1 aliphatic carbocycles. The van der Waals surface area contributed by atoms with Crippen molar-refractivity contribution in [1.29, 1.82) is 0 Å². The smallest absolute Gasteiger partial charge is 0.512 e. The summed E-state index contributed by atoms with van der Waals surface area (Å²) in [7, 11) is -1.86. The molecule has 0 heterocycles. The van der Waals surface area contributed by atoms with E-state index >= 15 is 0 Å². The number of carboxylic acids is 1. The lowest BCUT2D eigenvalue weighted by molar-refractivity contribution is -0.140. The van der Waals surface area contributed by atoms with Gasteiger partial charge in [0.05, 0.1) is 5.41 Å². The van der Waals surface area contributed by atoms with E-state index in [0.29, 0.717) is 18.6 Å². The number of rotatable bonds is 4. The molecule has 0 amide bonds. The predicted molar refractivity (Wildman–Crippen MR) is 55.8 cm³/mol. The Morgan fingerprint density at radius 3 is 2.19 bits per heavy atom. The van der Waals surface area contributed by atoms with Gasteiger partial charge in [0, 0.05) is 0 Å². The molecule has 0 aliphatic heterocycles. The Hall–Kier alpha value is -1.53. The van der Waals surface area contributed by atoms with Gasteiger partial charge >= 0.3 is 13.3 Å². The van der Waals surface area contributed by atoms with E-state index in [1.807, 2.05) is 0 Å². The molecule has 1 aromatic carbocycles. The highest BCUT2D eigenvalue weighted by Crippen LogP contribution is 2.48. The Kier molecular flexibility index (Phi) is 2.61. The lowest BCUT2D eigenvalue weighted by Crippen LogP contribution is -2.21. The number of benzene rings is 1. The molecule has 16 heavy (non-hydrogen) atoms. The van der Waals surface area contributed by atoms with Gasteiger partial charge in [-0.25, -0.2) is 0 Å². The lowest BCUT2D eigenvalue weighted by atomic mass is 9.96. The highest BCUT2D eigenvalue weighted by atomic mass is 16.6. The molecule has 1 aliphatic rings. The molecule has 0 atom stereocenters. The minimum absolute atomic E-state index is 0.292. The fourth-order valence-electron chi connectivity index (χ4n) is 1.73. The molecule has 6 heteroatoms. The van der Waals surface area contributed by atoms with Crippen LogP contribution in [0.25, 0.3) is 0 Å². The first-order valence-electron chi connectivity index (χ1n) is 4.91. The Morgan fingerprint density at radius 1 is 1.25 bits per heavy atom. The van der Waals surface area contributed by atoms with Crippen LogP contribution in [-0.2, 0) is 10.2 Å². The molecule has 0 bridgehead atoms. The highest BCUT2D eigenvalue weighted by molar-refractivity contribution is 6.33. The fourth-order valence-corrected chi connectivity index (χ4v) is 1.73. The Morgan fingerprint density at radius 2 is 1.81 bits per heavy atom. The quantitative estimate of drug-likeness (QED) is 0.631. The van der Waals surface area contributed by atoms with Gasteiger partial charge in [-0.3, -0.25) is 4.79 Å². The number of hydrogen-bond acceptors (Lipinski definition) is 4. The lowest BCUT2D eigenvalue weighted by Gasteiger charge is -2.11. The molecular weight excluding hydrogens is 211 g/mol. The molecule has 0 unspecified atom stereocenters. The third-order valence-corrected chi connectivity index (χ3v) is 2.81. The maximum absolute atomic E-state index is 11.0. The SMILES string of the molecule is O=C(O)C1(c2ccc(OB(O)O)cc2)CC1. The Bertz CT molecular complexity index is 396. The molecule has 1 fully saturated rings. The topological polar surface area (TPSA) is 87.0 Å². The van der Waals surface area contributed by atoms with Crippen molar-refractivity contribution >= 4 is 13.3 Å². The van der Waals surface area contributed by atoms with Gasteiger partial charge in [-0.1, -0.05) is 12.1 Å². The van der Waals surface area contributed by atoms with Crippen LogP contribution >= 0.6 is 0 Å². The van der Waals surface area contributed by atoms with Gasteiger partial charge in [-0.2, -0.15) is 0 Å². The third kappa shape index (κ3) is 1.89. The normalized spacial score (nSPS) is 16.6. The third-order valence-electron chi connectivity index (χ3n) is 2.81. The molecule has 0 saturated heterocycles. The van der Waals surface area contributed by atoms with Crippen LogP contribution in [0.5, 0.6) is 5.75 Å². The number of carbonyl (C=O) groups is 1. The van der Waals surface area contributed by atoms with Gasteiger partial charge in [0.2, 0.25) is 0 Å². The number of hydrogen-bond donors (Lipinski definition) is 3. The van der Waals surface area contributed by atoms with Crippen LogP contribution in [0.1, 0.15) is 18.4 Å². The minimum Gasteiger partial charge on any atom is -0.512 e.